The molecule has 4 aromatic rings. The minimum Gasteiger partial charge on any atom is -0.456 e. The Balaban J connectivity index is 1.54. The number of anilines is 1. The van der Waals surface area contributed by atoms with Crippen LogP contribution in [-0.4, -0.2) is 53.1 Å². The number of nitrogens with zero attached hydrogens (tertiary/aromatic N) is 3. The maximum Gasteiger partial charge on any atom is 0.238 e. The van der Waals surface area contributed by atoms with Gasteiger partial charge in [0, 0.05) is 40.6 Å². The summed E-state index contributed by atoms with van der Waals surface area (Å²) in [6.45, 7) is 4.84. The summed E-state index contributed by atoms with van der Waals surface area (Å²) in [6, 6.07) is 22.1. The summed E-state index contributed by atoms with van der Waals surface area (Å²) < 4.78 is 7.65. The molecule has 0 saturated heterocycles. The average Bonchev–Trinajstić information content (AvgIpc) is 3.30. The smallest absolute Gasteiger partial charge is 0.238 e. The molecule has 168 valence electrons. The van der Waals surface area contributed by atoms with Crippen molar-refractivity contribution >= 4 is 45.7 Å². The molecule has 0 amide bonds. The van der Waals surface area contributed by atoms with Gasteiger partial charge in [0.1, 0.15) is 17.8 Å². The van der Waals surface area contributed by atoms with Gasteiger partial charge in [0.15, 0.2) is 0 Å². The number of fused-ring (bicyclic) bond motifs is 4. The van der Waals surface area contributed by atoms with Gasteiger partial charge in [-0.1, -0.05) is 54.9 Å². The van der Waals surface area contributed by atoms with Gasteiger partial charge in [-0.3, -0.25) is 0 Å². The third kappa shape index (κ3) is 3.61. The van der Waals surface area contributed by atoms with Crippen LogP contribution in [0.3, 0.4) is 0 Å². The largest absolute Gasteiger partial charge is 0.456 e. The molecule has 1 unspecified atom stereocenters. The Morgan fingerprint density at radius 1 is 1.00 bits per heavy atom. The first-order valence-electron chi connectivity index (χ1n) is 11.2. The minimum absolute atomic E-state index is 0.0462. The monoisotopic (exact) mass is 442 g/mol. The zero-order valence-electron chi connectivity index (χ0n) is 18.8. The molecule has 6 heteroatoms. The number of hydrazone groups is 1. The van der Waals surface area contributed by atoms with Gasteiger partial charge in [-0.25, -0.2) is 0 Å². The van der Waals surface area contributed by atoms with E-state index in [1.165, 1.54) is 5.56 Å². The zero-order chi connectivity index (χ0) is 23.0. The van der Waals surface area contributed by atoms with E-state index in [2.05, 4.69) is 30.9 Å². The number of aliphatic hydroxyl groups is 2. The van der Waals surface area contributed by atoms with E-state index in [4.69, 9.17) is 9.52 Å². The van der Waals surface area contributed by atoms with Crippen LogP contribution in [0.4, 0.5) is 11.4 Å². The molecule has 0 aliphatic carbocycles. The van der Waals surface area contributed by atoms with E-state index in [9.17, 15) is 10.2 Å². The molecule has 1 aliphatic rings. The Bertz CT molecular complexity index is 1370. The molecule has 3 aromatic carbocycles. The molecular weight excluding hydrogens is 414 g/mol. The quantitative estimate of drug-likeness (QED) is 0.263. The van der Waals surface area contributed by atoms with Gasteiger partial charge in [-0.2, -0.15) is 0 Å². The number of furan rings is 1. The van der Waals surface area contributed by atoms with Crippen molar-refractivity contribution in [3.05, 3.63) is 72.3 Å². The van der Waals surface area contributed by atoms with E-state index in [1.54, 1.807) is 10.9 Å². The molecule has 0 fully saturated rings. The van der Waals surface area contributed by atoms with E-state index >= 15 is 0 Å². The Hall–Kier alpha value is -3.48. The summed E-state index contributed by atoms with van der Waals surface area (Å²) in [5, 5.41) is 26.2. The first-order valence-corrected chi connectivity index (χ1v) is 11.2. The fourth-order valence-corrected chi connectivity index (χ4v) is 4.89. The zero-order valence-corrected chi connectivity index (χ0v) is 18.8. The molecule has 0 bridgehead atoms. The van der Waals surface area contributed by atoms with Crippen LogP contribution < -0.4 is 4.90 Å². The molecule has 2 N–H and O–H groups in total. The van der Waals surface area contributed by atoms with Crippen molar-refractivity contribution in [1.29, 1.82) is 0 Å². The maximum atomic E-state index is 9.70. The first kappa shape index (κ1) is 21.4. The van der Waals surface area contributed by atoms with Crippen molar-refractivity contribution in [3.8, 4) is 0 Å². The molecule has 5 rings (SSSR count). The highest BCUT2D eigenvalue weighted by atomic mass is 16.3. The van der Waals surface area contributed by atoms with Gasteiger partial charge in [0.25, 0.3) is 0 Å². The number of hydrogen-bond donors (Lipinski definition) is 2. The number of hydrogen-bond acceptors (Lipinski definition) is 5. The van der Waals surface area contributed by atoms with E-state index < -0.39 is 0 Å². The highest BCUT2D eigenvalue weighted by Gasteiger charge is 2.43. The second kappa shape index (κ2) is 8.46. The Morgan fingerprint density at radius 2 is 1.76 bits per heavy atom. The first-order chi connectivity index (χ1) is 16.0. The standard InChI is InChI=1S/C27H28N3O3/c1-27(2)22-8-4-5-9-23(22)29(13-15-31)26(27)18-28-30(14-16-32)19-11-12-25-21(17-19)20-7-3-6-10-24(20)33-25/h3-12,14,17-18,26,31-32H,13,15-16H2,1-2H3/q+1. The second-order valence-electron chi connectivity index (χ2n) is 8.85. The molecule has 0 spiro atoms. The van der Waals surface area contributed by atoms with Gasteiger partial charge in [-0.05, 0) is 28.9 Å². The maximum absolute atomic E-state index is 9.70. The molecule has 1 aromatic heterocycles. The van der Waals surface area contributed by atoms with Crippen molar-refractivity contribution < 1.29 is 19.3 Å². The minimum atomic E-state index is -0.190. The van der Waals surface area contributed by atoms with Gasteiger partial charge in [0.2, 0.25) is 11.9 Å². The number of benzene rings is 3. The topological polar surface area (TPSA) is 72.2 Å². The van der Waals surface area contributed by atoms with E-state index in [0.717, 1.165) is 33.3 Å². The molecule has 0 saturated carbocycles. The van der Waals surface area contributed by atoms with Gasteiger partial charge in [0.05, 0.1) is 18.9 Å². The summed E-state index contributed by atoms with van der Waals surface area (Å²) >= 11 is 0. The van der Waals surface area contributed by atoms with Crippen LogP contribution in [0, 0.1) is 0 Å². The number of rotatable bonds is 6. The lowest BCUT2D eigenvalue weighted by atomic mass is 9.81. The number of aliphatic hydroxyl groups excluding tert-OH is 2. The predicted molar refractivity (Wildman–Crippen MR) is 133 cm³/mol. The van der Waals surface area contributed by atoms with Crippen LogP contribution in [0.25, 0.3) is 21.9 Å². The fraction of sp³-hybridized carbons (Fsp3) is 0.259. The predicted octanol–water partition coefficient (Wildman–Crippen LogP) is 4.44. The van der Waals surface area contributed by atoms with Crippen molar-refractivity contribution in [1.82, 2.24) is 0 Å². The SMILES string of the molecule is CC1(C)c2ccccc2N(CCO)C1C=N[N+](=CCO)c1ccc2oc3ccccc3c2c1. The molecule has 1 aliphatic heterocycles. The van der Waals surface area contributed by atoms with Crippen LogP contribution in [0.2, 0.25) is 0 Å². The van der Waals surface area contributed by atoms with Gasteiger partial charge >= 0.3 is 0 Å². The van der Waals surface area contributed by atoms with Crippen molar-refractivity contribution in [2.45, 2.75) is 25.3 Å². The van der Waals surface area contributed by atoms with Gasteiger partial charge in [-0.15, -0.1) is 0 Å². The van der Waals surface area contributed by atoms with E-state index in [-0.39, 0.29) is 24.7 Å². The van der Waals surface area contributed by atoms with Crippen LogP contribution in [0.15, 0.2) is 76.2 Å². The second-order valence-corrected chi connectivity index (χ2v) is 8.85. The van der Waals surface area contributed by atoms with Crippen LogP contribution in [0.1, 0.15) is 19.4 Å². The number of β-amino-alcohol motifs (C(OH)–C–C–N with tert-alkyl or cyclic N) is 1. The van der Waals surface area contributed by atoms with Crippen molar-refractivity contribution in [3.63, 3.8) is 0 Å². The van der Waals surface area contributed by atoms with Crippen LogP contribution in [0.5, 0.6) is 0 Å². The third-order valence-corrected chi connectivity index (χ3v) is 6.54. The highest BCUT2D eigenvalue weighted by molar-refractivity contribution is 6.05. The van der Waals surface area contributed by atoms with Crippen LogP contribution in [-0.2, 0) is 5.41 Å². The summed E-state index contributed by atoms with van der Waals surface area (Å²) in [5.74, 6) is 0. The molecular formula is C27H28N3O3+. The molecule has 1 atom stereocenters. The Kier molecular flexibility index (Phi) is 5.48. The average molecular weight is 443 g/mol. The molecule has 0 radical (unpaired) electrons. The van der Waals surface area contributed by atoms with Crippen molar-refractivity contribution in [2.24, 2.45) is 5.10 Å². The lowest BCUT2D eigenvalue weighted by Gasteiger charge is -2.30. The van der Waals surface area contributed by atoms with Crippen molar-refractivity contribution in [2.75, 3.05) is 24.7 Å². The van der Waals surface area contributed by atoms with E-state index in [1.807, 2.05) is 60.8 Å². The Morgan fingerprint density at radius 3 is 2.58 bits per heavy atom. The summed E-state index contributed by atoms with van der Waals surface area (Å²) in [5.41, 5.74) is 4.66. The van der Waals surface area contributed by atoms with Crippen LogP contribution >= 0.6 is 0 Å². The van der Waals surface area contributed by atoms with Gasteiger partial charge < -0.3 is 19.5 Å². The fourth-order valence-electron chi connectivity index (χ4n) is 4.89. The Labute approximate surface area is 192 Å². The number of para-hydroxylation sites is 2. The third-order valence-electron chi connectivity index (χ3n) is 6.54. The summed E-state index contributed by atoms with van der Waals surface area (Å²) in [4.78, 5) is 2.20. The molecule has 6 nitrogen and oxygen atoms in total. The summed E-state index contributed by atoms with van der Waals surface area (Å²) in [6.07, 6.45) is 3.56. The molecule has 2 heterocycles. The lowest BCUT2D eigenvalue weighted by Crippen LogP contribution is -2.44. The van der Waals surface area contributed by atoms with E-state index in [0.29, 0.717) is 6.54 Å². The molecule has 33 heavy (non-hydrogen) atoms. The lowest BCUT2D eigenvalue weighted by molar-refractivity contribution is -0.441. The highest BCUT2D eigenvalue weighted by Crippen LogP contribution is 2.44. The normalized spacial score (nSPS) is 18.0. The summed E-state index contributed by atoms with van der Waals surface area (Å²) in [7, 11) is 0.